The Kier molecular flexibility index (Phi) is 3.79. The molecule has 5 heteroatoms. The highest BCUT2D eigenvalue weighted by Gasteiger charge is 2.27. The molecule has 4 nitrogen and oxygen atoms in total. The van der Waals surface area contributed by atoms with Gasteiger partial charge in [-0.25, -0.2) is 0 Å². The van der Waals surface area contributed by atoms with Crippen LogP contribution in [0.25, 0.3) is 0 Å². The minimum atomic E-state index is -0.363. The molecule has 1 fully saturated rings. The zero-order valence-corrected chi connectivity index (χ0v) is 11.2. The van der Waals surface area contributed by atoms with Crippen molar-refractivity contribution in [2.24, 2.45) is 5.92 Å². The first kappa shape index (κ1) is 12.5. The van der Waals surface area contributed by atoms with E-state index in [9.17, 15) is 10.1 Å². The van der Waals surface area contributed by atoms with E-state index in [-0.39, 0.29) is 10.6 Å². The van der Waals surface area contributed by atoms with Crippen LogP contribution >= 0.6 is 15.9 Å². The van der Waals surface area contributed by atoms with Crippen molar-refractivity contribution in [2.75, 3.05) is 0 Å². The average Bonchev–Trinajstić information content (AvgIpc) is 3.11. The molecule has 2 rings (SSSR count). The fourth-order valence-electron chi connectivity index (χ4n) is 1.85. The summed E-state index contributed by atoms with van der Waals surface area (Å²) in [6, 6.07) is 5.76. The van der Waals surface area contributed by atoms with E-state index in [2.05, 4.69) is 28.2 Å². The van der Waals surface area contributed by atoms with Crippen LogP contribution in [0.4, 0.5) is 5.69 Å². The lowest BCUT2D eigenvalue weighted by Gasteiger charge is -2.12. The van der Waals surface area contributed by atoms with Gasteiger partial charge >= 0.3 is 0 Å². The van der Waals surface area contributed by atoms with Crippen LogP contribution in [0.5, 0.6) is 0 Å². The van der Waals surface area contributed by atoms with Gasteiger partial charge in [-0.3, -0.25) is 10.1 Å². The average molecular weight is 299 g/mol. The third-order valence-electron chi connectivity index (χ3n) is 3.16. The molecule has 1 saturated carbocycles. The molecule has 0 radical (unpaired) electrons. The van der Waals surface area contributed by atoms with Gasteiger partial charge in [-0.05, 0) is 53.2 Å². The van der Waals surface area contributed by atoms with Crippen LogP contribution in [-0.4, -0.2) is 11.0 Å². The summed E-state index contributed by atoms with van der Waals surface area (Å²) in [5, 5.41) is 14.2. The Bertz CT molecular complexity index is 433. The van der Waals surface area contributed by atoms with E-state index in [1.54, 1.807) is 12.1 Å². The predicted molar refractivity (Wildman–Crippen MR) is 69.8 cm³/mol. The lowest BCUT2D eigenvalue weighted by molar-refractivity contribution is -0.385. The fourth-order valence-corrected chi connectivity index (χ4v) is 2.24. The molecule has 0 amide bonds. The summed E-state index contributed by atoms with van der Waals surface area (Å²) in [5.74, 6) is 0.792. The van der Waals surface area contributed by atoms with Crippen molar-refractivity contribution in [3.8, 4) is 0 Å². The number of nitrogens with one attached hydrogen (secondary N) is 1. The molecule has 1 aromatic carbocycles. The first-order valence-electron chi connectivity index (χ1n) is 5.74. The third-order valence-corrected chi connectivity index (χ3v) is 3.84. The molecule has 0 bridgehead atoms. The molecule has 1 unspecified atom stereocenters. The Morgan fingerprint density at radius 2 is 2.29 bits per heavy atom. The van der Waals surface area contributed by atoms with Gasteiger partial charge in [0.2, 0.25) is 0 Å². The summed E-state index contributed by atoms with van der Waals surface area (Å²) >= 11 is 3.18. The quantitative estimate of drug-likeness (QED) is 0.670. The standard InChI is InChI=1S/C12H15BrN2O2/c1-8(10-3-4-10)14-7-9-2-5-11(13)12(6-9)15(16)17/h2,5-6,8,10,14H,3-4,7H2,1H3. The van der Waals surface area contributed by atoms with Gasteiger partial charge in [-0.1, -0.05) is 6.07 Å². The fraction of sp³-hybridized carbons (Fsp3) is 0.500. The Morgan fingerprint density at radius 1 is 1.59 bits per heavy atom. The Hall–Kier alpha value is -0.940. The van der Waals surface area contributed by atoms with Crippen LogP contribution < -0.4 is 5.32 Å². The van der Waals surface area contributed by atoms with Crippen molar-refractivity contribution in [3.05, 3.63) is 38.3 Å². The number of rotatable bonds is 5. The molecule has 1 aromatic rings. The molecule has 1 aliphatic rings. The van der Waals surface area contributed by atoms with Gasteiger partial charge in [0.15, 0.2) is 0 Å². The predicted octanol–water partition coefficient (Wildman–Crippen LogP) is 3.25. The number of nitrogens with zero attached hydrogens (tertiary/aromatic N) is 1. The molecule has 0 aromatic heterocycles. The molecule has 0 aliphatic heterocycles. The molecule has 1 N–H and O–H groups in total. The van der Waals surface area contributed by atoms with Crippen molar-refractivity contribution >= 4 is 21.6 Å². The minimum Gasteiger partial charge on any atom is -0.310 e. The number of halogens is 1. The van der Waals surface area contributed by atoms with Gasteiger partial charge < -0.3 is 5.32 Å². The number of hydrogen-bond acceptors (Lipinski definition) is 3. The second-order valence-corrected chi connectivity index (χ2v) is 5.40. The number of benzene rings is 1. The maximum atomic E-state index is 10.8. The number of nitro groups is 1. The van der Waals surface area contributed by atoms with Gasteiger partial charge in [0.05, 0.1) is 9.40 Å². The highest BCUT2D eigenvalue weighted by molar-refractivity contribution is 9.10. The van der Waals surface area contributed by atoms with E-state index in [0.717, 1.165) is 11.5 Å². The van der Waals surface area contributed by atoms with E-state index < -0.39 is 0 Å². The van der Waals surface area contributed by atoms with Crippen molar-refractivity contribution in [3.63, 3.8) is 0 Å². The van der Waals surface area contributed by atoms with Crippen molar-refractivity contribution < 1.29 is 4.92 Å². The normalized spacial score (nSPS) is 16.8. The molecular formula is C12H15BrN2O2. The van der Waals surface area contributed by atoms with Crippen molar-refractivity contribution in [2.45, 2.75) is 32.4 Å². The first-order chi connectivity index (χ1) is 8.08. The summed E-state index contributed by atoms with van der Waals surface area (Å²) in [7, 11) is 0. The summed E-state index contributed by atoms with van der Waals surface area (Å²) < 4.78 is 0.529. The molecule has 92 valence electrons. The van der Waals surface area contributed by atoms with Crippen LogP contribution in [0.1, 0.15) is 25.3 Å². The first-order valence-corrected chi connectivity index (χ1v) is 6.53. The number of hydrogen-bond donors (Lipinski definition) is 1. The third kappa shape index (κ3) is 3.26. The van der Waals surface area contributed by atoms with Crippen molar-refractivity contribution in [1.82, 2.24) is 5.32 Å². The Balaban J connectivity index is 2.00. The largest absolute Gasteiger partial charge is 0.310 e. The molecule has 0 heterocycles. The van der Waals surface area contributed by atoms with Gasteiger partial charge in [-0.15, -0.1) is 0 Å². The maximum absolute atomic E-state index is 10.8. The maximum Gasteiger partial charge on any atom is 0.283 e. The van der Waals surface area contributed by atoms with E-state index in [4.69, 9.17) is 0 Å². The van der Waals surface area contributed by atoms with E-state index in [0.29, 0.717) is 17.1 Å². The summed E-state index contributed by atoms with van der Waals surface area (Å²) in [6.07, 6.45) is 2.60. The minimum absolute atomic E-state index is 0.128. The lowest BCUT2D eigenvalue weighted by atomic mass is 10.1. The molecule has 1 atom stereocenters. The van der Waals surface area contributed by atoms with Gasteiger partial charge in [0.1, 0.15) is 0 Å². The smallest absolute Gasteiger partial charge is 0.283 e. The van der Waals surface area contributed by atoms with Gasteiger partial charge in [-0.2, -0.15) is 0 Å². The summed E-state index contributed by atoms with van der Waals surface area (Å²) in [5.41, 5.74) is 1.08. The van der Waals surface area contributed by atoms with Crippen LogP contribution in [0.15, 0.2) is 22.7 Å². The van der Waals surface area contributed by atoms with Crippen LogP contribution in [-0.2, 0) is 6.54 Å². The Morgan fingerprint density at radius 3 is 2.88 bits per heavy atom. The zero-order valence-electron chi connectivity index (χ0n) is 9.65. The molecular weight excluding hydrogens is 284 g/mol. The number of nitro benzene ring substituents is 1. The van der Waals surface area contributed by atoms with Crippen molar-refractivity contribution in [1.29, 1.82) is 0 Å². The summed E-state index contributed by atoms with van der Waals surface area (Å²) in [6.45, 7) is 2.86. The highest BCUT2D eigenvalue weighted by atomic mass is 79.9. The van der Waals surface area contributed by atoms with Crippen LogP contribution in [0.3, 0.4) is 0 Å². The molecule has 17 heavy (non-hydrogen) atoms. The Labute approximate surface area is 109 Å². The van der Waals surface area contributed by atoms with E-state index >= 15 is 0 Å². The zero-order chi connectivity index (χ0) is 12.4. The summed E-state index contributed by atoms with van der Waals surface area (Å²) in [4.78, 5) is 10.4. The second kappa shape index (κ2) is 5.14. The van der Waals surface area contributed by atoms with E-state index in [1.807, 2.05) is 6.07 Å². The highest BCUT2D eigenvalue weighted by Crippen LogP contribution is 2.32. The molecule has 0 spiro atoms. The monoisotopic (exact) mass is 298 g/mol. The van der Waals surface area contributed by atoms with Gasteiger partial charge in [0.25, 0.3) is 5.69 Å². The molecule has 1 aliphatic carbocycles. The van der Waals surface area contributed by atoms with Crippen LogP contribution in [0.2, 0.25) is 0 Å². The lowest BCUT2D eigenvalue weighted by Crippen LogP contribution is -2.27. The topological polar surface area (TPSA) is 55.2 Å². The van der Waals surface area contributed by atoms with Gasteiger partial charge in [0, 0.05) is 18.7 Å². The van der Waals surface area contributed by atoms with E-state index in [1.165, 1.54) is 12.8 Å². The SMILES string of the molecule is CC(NCc1ccc(Br)c([N+](=O)[O-])c1)C1CC1. The molecule has 0 saturated heterocycles. The van der Waals surface area contributed by atoms with Crippen LogP contribution in [0, 0.1) is 16.0 Å². The second-order valence-electron chi connectivity index (χ2n) is 4.55.